The summed E-state index contributed by atoms with van der Waals surface area (Å²) in [7, 11) is 0. The molecule has 4 rings (SSSR count). The van der Waals surface area contributed by atoms with Crippen LogP contribution in [0.1, 0.15) is 5.56 Å². The van der Waals surface area contributed by atoms with Gasteiger partial charge < -0.3 is 20.3 Å². The number of nitrogens with one attached hydrogen (secondary N) is 1. The van der Waals surface area contributed by atoms with Gasteiger partial charge in [0.15, 0.2) is 11.5 Å². The van der Waals surface area contributed by atoms with Crippen molar-refractivity contribution in [3.63, 3.8) is 0 Å². The van der Waals surface area contributed by atoms with Crippen molar-refractivity contribution in [1.82, 2.24) is 9.97 Å². The van der Waals surface area contributed by atoms with Gasteiger partial charge in [-0.1, -0.05) is 30.3 Å². The molecule has 1 heterocycles. The molecule has 0 saturated heterocycles. The van der Waals surface area contributed by atoms with E-state index in [0.29, 0.717) is 23.3 Å². The summed E-state index contributed by atoms with van der Waals surface area (Å²) in [6.07, 6.45) is 1.40. The highest BCUT2D eigenvalue weighted by Crippen LogP contribution is 2.33. The number of ether oxygens (including phenoxy) is 1. The Bertz CT molecular complexity index is 1070. The summed E-state index contributed by atoms with van der Waals surface area (Å²) in [4.78, 5) is 8.34. The molecule has 0 bridgehead atoms. The Morgan fingerprint density at radius 3 is 2.37 bits per heavy atom. The van der Waals surface area contributed by atoms with Gasteiger partial charge >= 0.3 is 0 Å². The van der Waals surface area contributed by atoms with Crippen LogP contribution in [-0.4, -0.2) is 20.2 Å². The van der Waals surface area contributed by atoms with Crippen molar-refractivity contribution in [3.05, 3.63) is 78.6 Å². The SMILES string of the molecule is Oc1cc2ncnc(Nc3ccc(OCc4ccccc4)cc3)c2cc1O. The van der Waals surface area contributed by atoms with Crippen molar-refractivity contribution < 1.29 is 14.9 Å². The number of aromatic hydroxyl groups is 2. The predicted molar refractivity (Wildman–Crippen MR) is 103 cm³/mol. The van der Waals surface area contributed by atoms with Gasteiger partial charge in [-0.2, -0.15) is 0 Å². The number of fused-ring (bicyclic) bond motifs is 1. The number of benzene rings is 3. The van der Waals surface area contributed by atoms with Crippen molar-refractivity contribution in [1.29, 1.82) is 0 Å². The molecule has 0 aliphatic heterocycles. The van der Waals surface area contributed by atoms with E-state index >= 15 is 0 Å². The third kappa shape index (κ3) is 3.74. The largest absolute Gasteiger partial charge is 0.504 e. The summed E-state index contributed by atoms with van der Waals surface area (Å²) >= 11 is 0. The van der Waals surface area contributed by atoms with Gasteiger partial charge in [0.05, 0.1) is 5.52 Å². The summed E-state index contributed by atoms with van der Waals surface area (Å²) in [5, 5.41) is 23.2. The Morgan fingerprint density at radius 1 is 0.852 bits per heavy atom. The van der Waals surface area contributed by atoms with Crippen LogP contribution in [0.5, 0.6) is 17.2 Å². The molecule has 6 nitrogen and oxygen atoms in total. The highest BCUT2D eigenvalue weighted by molar-refractivity contribution is 5.92. The van der Waals surface area contributed by atoms with Crippen molar-refractivity contribution in [2.24, 2.45) is 0 Å². The van der Waals surface area contributed by atoms with E-state index in [4.69, 9.17) is 4.74 Å². The second kappa shape index (κ2) is 7.21. The van der Waals surface area contributed by atoms with Crippen LogP contribution < -0.4 is 10.1 Å². The molecule has 0 atom stereocenters. The first-order valence-corrected chi connectivity index (χ1v) is 8.39. The fourth-order valence-electron chi connectivity index (χ4n) is 2.69. The topological polar surface area (TPSA) is 87.5 Å². The van der Waals surface area contributed by atoms with Crippen LogP contribution in [0.4, 0.5) is 11.5 Å². The highest BCUT2D eigenvalue weighted by atomic mass is 16.5. The minimum absolute atomic E-state index is 0.216. The first-order valence-electron chi connectivity index (χ1n) is 8.39. The Labute approximate surface area is 155 Å². The molecule has 0 fully saturated rings. The second-order valence-electron chi connectivity index (χ2n) is 6.00. The molecule has 0 saturated carbocycles. The minimum atomic E-state index is -0.218. The van der Waals surface area contributed by atoms with E-state index in [0.717, 1.165) is 17.0 Å². The number of phenols is 2. The van der Waals surface area contributed by atoms with Crippen LogP contribution in [0.3, 0.4) is 0 Å². The van der Waals surface area contributed by atoms with Crippen molar-refractivity contribution >= 4 is 22.4 Å². The number of rotatable bonds is 5. The lowest BCUT2D eigenvalue weighted by atomic mass is 10.2. The third-order valence-corrected chi connectivity index (χ3v) is 4.10. The van der Waals surface area contributed by atoms with Gasteiger partial charge in [-0.3, -0.25) is 0 Å². The first kappa shape index (κ1) is 16.7. The Morgan fingerprint density at radius 2 is 1.59 bits per heavy atom. The molecule has 27 heavy (non-hydrogen) atoms. The zero-order chi connectivity index (χ0) is 18.6. The van der Waals surface area contributed by atoms with Crippen LogP contribution in [0, 0.1) is 0 Å². The van der Waals surface area contributed by atoms with E-state index in [1.807, 2.05) is 54.6 Å². The van der Waals surface area contributed by atoms with Crippen molar-refractivity contribution in [2.45, 2.75) is 6.61 Å². The maximum atomic E-state index is 9.75. The molecular formula is C21H17N3O3. The third-order valence-electron chi connectivity index (χ3n) is 4.10. The van der Waals surface area contributed by atoms with E-state index in [-0.39, 0.29) is 11.5 Å². The molecule has 0 spiro atoms. The predicted octanol–water partition coefficient (Wildman–Crippen LogP) is 4.36. The van der Waals surface area contributed by atoms with Crippen LogP contribution >= 0.6 is 0 Å². The van der Waals surface area contributed by atoms with Gasteiger partial charge in [0.25, 0.3) is 0 Å². The van der Waals surface area contributed by atoms with Crippen LogP contribution in [0.25, 0.3) is 10.9 Å². The molecule has 0 amide bonds. The lowest BCUT2D eigenvalue weighted by Crippen LogP contribution is -1.97. The molecule has 3 N–H and O–H groups in total. The quantitative estimate of drug-likeness (QED) is 0.459. The smallest absolute Gasteiger partial charge is 0.159 e. The summed E-state index contributed by atoms with van der Waals surface area (Å²) in [5.74, 6) is 0.866. The molecule has 0 radical (unpaired) electrons. The first-order chi connectivity index (χ1) is 13.2. The summed E-state index contributed by atoms with van der Waals surface area (Å²) in [6.45, 7) is 0.507. The number of nitrogens with zero attached hydrogens (tertiary/aromatic N) is 2. The van der Waals surface area contributed by atoms with Gasteiger partial charge in [-0.25, -0.2) is 9.97 Å². The molecule has 4 aromatic rings. The molecule has 0 aliphatic carbocycles. The van der Waals surface area contributed by atoms with E-state index in [1.54, 1.807) is 0 Å². The Kier molecular flexibility index (Phi) is 4.45. The van der Waals surface area contributed by atoms with Gasteiger partial charge in [-0.15, -0.1) is 0 Å². The molecule has 1 aromatic heterocycles. The Hall–Kier alpha value is -3.80. The highest BCUT2D eigenvalue weighted by Gasteiger charge is 2.09. The molecule has 6 heteroatoms. The number of aromatic nitrogens is 2. The lowest BCUT2D eigenvalue weighted by molar-refractivity contribution is 0.306. The van der Waals surface area contributed by atoms with Crippen LogP contribution in [-0.2, 0) is 6.61 Å². The number of anilines is 2. The number of phenolic OH excluding ortho intramolecular Hbond substituents is 2. The van der Waals surface area contributed by atoms with E-state index in [9.17, 15) is 10.2 Å². The van der Waals surface area contributed by atoms with Crippen LogP contribution in [0.15, 0.2) is 73.1 Å². The monoisotopic (exact) mass is 359 g/mol. The summed E-state index contributed by atoms with van der Waals surface area (Å²) in [6, 6.07) is 20.3. The van der Waals surface area contributed by atoms with Gasteiger partial charge in [0.2, 0.25) is 0 Å². The number of hydrogen-bond acceptors (Lipinski definition) is 6. The maximum Gasteiger partial charge on any atom is 0.159 e. The fourth-order valence-corrected chi connectivity index (χ4v) is 2.69. The standard InChI is InChI=1S/C21H17N3O3/c25-19-10-17-18(11-20(19)26)22-13-23-21(17)24-15-6-8-16(9-7-15)27-12-14-4-2-1-3-5-14/h1-11,13,25-26H,12H2,(H,22,23,24). The average Bonchev–Trinajstić information content (AvgIpc) is 2.70. The molecule has 0 aliphatic rings. The average molecular weight is 359 g/mol. The lowest BCUT2D eigenvalue weighted by Gasteiger charge is -2.10. The maximum absolute atomic E-state index is 9.75. The molecule has 134 valence electrons. The van der Waals surface area contributed by atoms with Crippen LogP contribution in [0.2, 0.25) is 0 Å². The number of hydrogen-bond donors (Lipinski definition) is 3. The normalized spacial score (nSPS) is 10.7. The fraction of sp³-hybridized carbons (Fsp3) is 0.0476. The van der Waals surface area contributed by atoms with Gasteiger partial charge in [0.1, 0.15) is 24.5 Å². The molecule has 3 aromatic carbocycles. The summed E-state index contributed by atoms with van der Waals surface area (Å²) in [5.41, 5.74) is 2.45. The zero-order valence-electron chi connectivity index (χ0n) is 14.3. The van der Waals surface area contributed by atoms with E-state index in [1.165, 1.54) is 18.5 Å². The molecular weight excluding hydrogens is 342 g/mol. The second-order valence-corrected chi connectivity index (χ2v) is 6.00. The van der Waals surface area contributed by atoms with Gasteiger partial charge in [0, 0.05) is 17.1 Å². The van der Waals surface area contributed by atoms with Crippen molar-refractivity contribution in [2.75, 3.05) is 5.32 Å². The summed E-state index contributed by atoms with van der Waals surface area (Å²) < 4.78 is 5.78. The van der Waals surface area contributed by atoms with E-state index in [2.05, 4.69) is 15.3 Å². The van der Waals surface area contributed by atoms with Gasteiger partial charge in [-0.05, 0) is 35.9 Å². The zero-order valence-corrected chi connectivity index (χ0v) is 14.3. The molecule has 0 unspecified atom stereocenters. The Balaban J connectivity index is 1.50. The minimum Gasteiger partial charge on any atom is -0.504 e. The van der Waals surface area contributed by atoms with Crippen molar-refractivity contribution in [3.8, 4) is 17.2 Å². The van der Waals surface area contributed by atoms with E-state index < -0.39 is 0 Å².